The van der Waals surface area contributed by atoms with E-state index in [2.05, 4.69) is 5.32 Å². The minimum atomic E-state index is 0.00856. The summed E-state index contributed by atoms with van der Waals surface area (Å²) in [6.45, 7) is 2.31. The number of hydrogen-bond acceptors (Lipinski definition) is 4. The van der Waals surface area contributed by atoms with Crippen LogP contribution in [0.15, 0.2) is 18.2 Å². The molecule has 0 amide bonds. The van der Waals surface area contributed by atoms with Crippen LogP contribution in [0, 0.1) is 0 Å². The highest BCUT2D eigenvalue weighted by Gasteiger charge is 2.42. The van der Waals surface area contributed by atoms with Crippen molar-refractivity contribution in [2.45, 2.75) is 5.41 Å². The summed E-state index contributed by atoms with van der Waals surface area (Å²) in [4.78, 5) is 0. The van der Waals surface area contributed by atoms with Gasteiger partial charge in [0.1, 0.15) is 11.5 Å². The molecule has 1 fully saturated rings. The van der Waals surface area contributed by atoms with Gasteiger partial charge < -0.3 is 19.5 Å². The first-order valence-corrected chi connectivity index (χ1v) is 5.70. The first-order chi connectivity index (χ1) is 8.25. The Bertz CT molecular complexity index is 388. The number of nitrogens with one attached hydrogen (secondary N) is 1. The van der Waals surface area contributed by atoms with E-state index in [0.717, 1.165) is 36.8 Å². The first kappa shape index (κ1) is 12.2. The van der Waals surface area contributed by atoms with Gasteiger partial charge in [-0.1, -0.05) is 0 Å². The lowest BCUT2D eigenvalue weighted by molar-refractivity contribution is -0.0592. The van der Waals surface area contributed by atoms with E-state index in [9.17, 15) is 0 Å². The summed E-state index contributed by atoms with van der Waals surface area (Å²) < 4.78 is 16.1. The van der Waals surface area contributed by atoms with Crippen molar-refractivity contribution in [2.75, 3.05) is 41.0 Å². The number of benzene rings is 1. The summed E-state index contributed by atoms with van der Waals surface area (Å²) in [7, 11) is 5.32. The second-order valence-electron chi connectivity index (χ2n) is 4.37. The fourth-order valence-corrected chi connectivity index (χ4v) is 2.27. The van der Waals surface area contributed by atoms with Gasteiger partial charge in [0.05, 0.1) is 32.8 Å². The third-order valence-corrected chi connectivity index (χ3v) is 3.25. The molecule has 1 N–H and O–H groups in total. The maximum absolute atomic E-state index is 5.43. The topological polar surface area (TPSA) is 39.7 Å². The Hall–Kier alpha value is -1.26. The van der Waals surface area contributed by atoms with Crippen molar-refractivity contribution in [2.24, 2.45) is 0 Å². The van der Waals surface area contributed by atoms with Gasteiger partial charge in [0.15, 0.2) is 0 Å². The van der Waals surface area contributed by atoms with Crippen LogP contribution in [-0.2, 0) is 10.2 Å². The maximum atomic E-state index is 5.43. The SMILES string of the molecule is CNCC1(c2cc(OC)ccc2OC)COC1. The van der Waals surface area contributed by atoms with Gasteiger partial charge in [0, 0.05) is 12.1 Å². The van der Waals surface area contributed by atoms with Gasteiger partial charge in [-0.25, -0.2) is 0 Å². The molecule has 0 saturated carbocycles. The molecule has 0 aromatic heterocycles. The predicted octanol–water partition coefficient (Wildman–Crippen LogP) is 1.19. The standard InChI is InChI=1S/C13H19NO3/c1-14-7-13(8-17-9-13)11-6-10(15-2)4-5-12(11)16-3/h4-6,14H,7-9H2,1-3H3. The van der Waals surface area contributed by atoms with Gasteiger partial charge in [0.25, 0.3) is 0 Å². The van der Waals surface area contributed by atoms with Gasteiger partial charge in [-0.15, -0.1) is 0 Å². The Balaban J connectivity index is 2.40. The van der Waals surface area contributed by atoms with E-state index in [1.54, 1.807) is 14.2 Å². The van der Waals surface area contributed by atoms with E-state index >= 15 is 0 Å². The average molecular weight is 237 g/mol. The second kappa shape index (κ2) is 4.94. The van der Waals surface area contributed by atoms with Crippen molar-refractivity contribution in [3.8, 4) is 11.5 Å². The second-order valence-corrected chi connectivity index (χ2v) is 4.37. The third-order valence-electron chi connectivity index (χ3n) is 3.25. The van der Waals surface area contributed by atoms with Crippen molar-refractivity contribution in [1.29, 1.82) is 0 Å². The molecule has 0 radical (unpaired) electrons. The van der Waals surface area contributed by atoms with Crippen LogP contribution in [0.2, 0.25) is 0 Å². The van der Waals surface area contributed by atoms with Crippen molar-refractivity contribution in [3.05, 3.63) is 23.8 Å². The molecule has 1 aromatic rings. The fraction of sp³-hybridized carbons (Fsp3) is 0.538. The molecule has 0 bridgehead atoms. The molecule has 94 valence electrons. The van der Waals surface area contributed by atoms with Crippen LogP contribution in [-0.4, -0.2) is 41.0 Å². The first-order valence-electron chi connectivity index (χ1n) is 5.70. The molecule has 0 aliphatic carbocycles. The highest BCUT2D eigenvalue weighted by Crippen LogP contribution is 2.39. The fourth-order valence-electron chi connectivity index (χ4n) is 2.27. The van der Waals surface area contributed by atoms with E-state index in [1.807, 2.05) is 25.2 Å². The zero-order valence-corrected chi connectivity index (χ0v) is 10.6. The predicted molar refractivity (Wildman–Crippen MR) is 66.0 cm³/mol. The zero-order valence-electron chi connectivity index (χ0n) is 10.6. The number of ether oxygens (including phenoxy) is 3. The van der Waals surface area contributed by atoms with Crippen LogP contribution in [0.5, 0.6) is 11.5 Å². The number of likely N-dealkylation sites (N-methyl/N-ethyl adjacent to an activating group) is 1. The molecule has 0 spiro atoms. The molecule has 1 heterocycles. The van der Waals surface area contributed by atoms with Crippen molar-refractivity contribution in [1.82, 2.24) is 5.32 Å². The molecule has 17 heavy (non-hydrogen) atoms. The highest BCUT2D eigenvalue weighted by atomic mass is 16.5. The molecular formula is C13H19NO3. The van der Waals surface area contributed by atoms with Crippen molar-refractivity contribution >= 4 is 0 Å². The molecule has 0 unspecified atom stereocenters. The lowest BCUT2D eigenvalue weighted by Crippen LogP contribution is -2.53. The molecule has 1 aromatic carbocycles. The molecule has 4 heteroatoms. The molecule has 0 atom stereocenters. The van der Waals surface area contributed by atoms with E-state index in [1.165, 1.54) is 0 Å². The Kier molecular flexibility index (Phi) is 3.54. The minimum absolute atomic E-state index is 0.00856. The van der Waals surface area contributed by atoms with Crippen molar-refractivity contribution in [3.63, 3.8) is 0 Å². The Morgan fingerprint density at radius 3 is 2.53 bits per heavy atom. The molecular weight excluding hydrogens is 218 g/mol. The number of hydrogen-bond donors (Lipinski definition) is 1. The molecule has 1 aliphatic rings. The molecule has 4 nitrogen and oxygen atoms in total. The summed E-state index contributed by atoms with van der Waals surface area (Å²) in [5, 5.41) is 3.22. The summed E-state index contributed by atoms with van der Waals surface area (Å²) in [5.41, 5.74) is 1.16. The lowest BCUT2D eigenvalue weighted by atomic mass is 9.78. The number of rotatable bonds is 5. The van der Waals surface area contributed by atoms with Crippen LogP contribution in [0.3, 0.4) is 0 Å². The lowest BCUT2D eigenvalue weighted by Gasteiger charge is -2.42. The largest absolute Gasteiger partial charge is 0.497 e. The van der Waals surface area contributed by atoms with Crippen LogP contribution in [0.25, 0.3) is 0 Å². The van der Waals surface area contributed by atoms with E-state index in [0.29, 0.717) is 0 Å². The van der Waals surface area contributed by atoms with Crippen LogP contribution in [0.1, 0.15) is 5.56 Å². The van der Waals surface area contributed by atoms with Gasteiger partial charge >= 0.3 is 0 Å². The van der Waals surface area contributed by atoms with Gasteiger partial charge in [0.2, 0.25) is 0 Å². The molecule has 1 aliphatic heterocycles. The van der Waals surface area contributed by atoms with E-state index in [-0.39, 0.29) is 5.41 Å². The summed E-state index contributed by atoms with van der Waals surface area (Å²) in [6, 6.07) is 5.90. The van der Waals surface area contributed by atoms with E-state index in [4.69, 9.17) is 14.2 Å². The Morgan fingerprint density at radius 2 is 2.06 bits per heavy atom. The van der Waals surface area contributed by atoms with Gasteiger partial charge in [-0.3, -0.25) is 0 Å². The average Bonchev–Trinajstić information content (AvgIpc) is 2.33. The minimum Gasteiger partial charge on any atom is -0.497 e. The molecule has 1 saturated heterocycles. The normalized spacial score (nSPS) is 17.4. The van der Waals surface area contributed by atoms with E-state index < -0.39 is 0 Å². The van der Waals surface area contributed by atoms with Crippen molar-refractivity contribution < 1.29 is 14.2 Å². The monoisotopic (exact) mass is 237 g/mol. The maximum Gasteiger partial charge on any atom is 0.123 e. The molecule has 2 rings (SSSR count). The summed E-state index contributed by atoms with van der Waals surface area (Å²) in [5.74, 6) is 1.74. The Labute approximate surface area is 102 Å². The van der Waals surface area contributed by atoms with Gasteiger partial charge in [-0.2, -0.15) is 0 Å². The summed E-state index contributed by atoms with van der Waals surface area (Å²) >= 11 is 0. The Morgan fingerprint density at radius 1 is 1.29 bits per heavy atom. The van der Waals surface area contributed by atoms with Gasteiger partial charge in [-0.05, 0) is 25.2 Å². The highest BCUT2D eigenvalue weighted by molar-refractivity contribution is 5.46. The van der Waals surface area contributed by atoms with Crippen LogP contribution < -0.4 is 14.8 Å². The number of methoxy groups -OCH3 is 2. The third kappa shape index (κ3) is 2.10. The zero-order chi connectivity index (χ0) is 12.3. The quantitative estimate of drug-likeness (QED) is 0.835. The smallest absolute Gasteiger partial charge is 0.123 e. The van der Waals surface area contributed by atoms with Crippen LogP contribution in [0.4, 0.5) is 0 Å². The van der Waals surface area contributed by atoms with Crippen LogP contribution >= 0.6 is 0 Å². The summed E-state index contributed by atoms with van der Waals surface area (Å²) in [6.07, 6.45) is 0.